The average molecular weight is 743 g/mol. The van der Waals surface area contributed by atoms with Crippen LogP contribution in [0.25, 0.3) is 0 Å². The Bertz CT molecular complexity index is 1100. The molecule has 0 saturated carbocycles. The summed E-state index contributed by atoms with van der Waals surface area (Å²) in [4.78, 5) is 0. The first-order valence-electron chi connectivity index (χ1n) is 18.0. The van der Waals surface area contributed by atoms with Crippen LogP contribution < -0.4 is 0 Å². The van der Waals surface area contributed by atoms with Crippen molar-refractivity contribution in [2.75, 3.05) is 26.4 Å². The van der Waals surface area contributed by atoms with Gasteiger partial charge in [-0.3, -0.25) is 0 Å². The first-order chi connectivity index (χ1) is 24.4. The lowest BCUT2D eigenvalue weighted by Crippen LogP contribution is -2.69. The Hall–Kier alpha value is -0.760. The van der Waals surface area contributed by atoms with Gasteiger partial charge in [-0.05, 0) is 6.42 Å². The predicted molar refractivity (Wildman–Crippen MR) is 164 cm³/mol. The number of fused-ring (bicyclic) bond motifs is 4. The van der Waals surface area contributed by atoms with Crippen LogP contribution in [-0.2, 0) is 42.6 Å². The van der Waals surface area contributed by atoms with Crippen molar-refractivity contribution in [3.05, 3.63) is 0 Å². The fourth-order valence-electron chi connectivity index (χ4n) is 7.87. The molecule has 6 fully saturated rings. The second kappa shape index (κ2) is 16.9. The Balaban J connectivity index is 1.14. The van der Waals surface area contributed by atoms with E-state index in [1.807, 2.05) is 0 Å². The Kier molecular flexibility index (Phi) is 13.3. The van der Waals surface area contributed by atoms with Gasteiger partial charge in [0.2, 0.25) is 0 Å². The number of ether oxygens (including phenoxy) is 9. The van der Waals surface area contributed by atoms with Gasteiger partial charge in [0.1, 0.15) is 97.7 Å². The molecular weight excluding hydrogens is 688 g/mol. The van der Waals surface area contributed by atoms with Gasteiger partial charge in [0.05, 0.1) is 26.4 Å². The van der Waals surface area contributed by atoms with Crippen molar-refractivity contribution >= 4 is 0 Å². The van der Waals surface area contributed by atoms with E-state index in [0.29, 0.717) is 6.42 Å². The molecule has 51 heavy (non-hydrogen) atoms. The SMILES string of the molecule is CCCCCCCC[C@@]1(O[C@@H]2[C@H]3OC[C@@H]2O[C@@H](O[C@@H]2[C@@H](O)[C@H](O[C@@H]4[C@H]5OC[C@@H]4O[C@@H](O)[C@H]5O)O[C@H](CO)[C@H]2O)[C@H]3O)O[C@H](CO)[C@H](O)[C@H](O)[C@H]1O. The topological polar surface area (TPSA) is 285 Å². The molecule has 0 unspecified atom stereocenters. The van der Waals surface area contributed by atoms with E-state index in [-0.39, 0.29) is 19.6 Å². The molecule has 0 aliphatic carbocycles. The minimum Gasteiger partial charge on any atom is -0.394 e. The van der Waals surface area contributed by atoms with Gasteiger partial charge in [-0.1, -0.05) is 39.0 Å². The molecule has 6 aliphatic heterocycles. The molecule has 0 aromatic heterocycles. The van der Waals surface area contributed by atoms with Gasteiger partial charge in [-0.2, -0.15) is 0 Å². The van der Waals surface area contributed by atoms with Crippen molar-refractivity contribution in [2.45, 2.75) is 174 Å². The third kappa shape index (κ3) is 7.86. The van der Waals surface area contributed by atoms with E-state index in [1.165, 1.54) is 0 Å². The van der Waals surface area contributed by atoms with Crippen LogP contribution in [0, 0.1) is 0 Å². The zero-order valence-corrected chi connectivity index (χ0v) is 28.4. The van der Waals surface area contributed by atoms with Crippen LogP contribution >= 0.6 is 0 Å². The number of aliphatic hydroxyl groups is 10. The van der Waals surface area contributed by atoms with Crippen molar-refractivity contribution in [3.63, 3.8) is 0 Å². The van der Waals surface area contributed by atoms with Gasteiger partial charge in [0.15, 0.2) is 24.7 Å². The van der Waals surface area contributed by atoms with E-state index < -0.39 is 136 Å². The summed E-state index contributed by atoms with van der Waals surface area (Å²) in [5.74, 6) is -1.91. The zero-order valence-electron chi connectivity index (χ0n) is 28.4. The summed E-state index contributed by atoms with van der Waals surface area (Å²) in [5.41, 5.74) is 0. The Morgan fingerprint density at radius 2 is 1.20 bits per heavy atom. The highest BCUT2D eigenvalue weighted by Crippen LogP contribution is 2.42. The minimum atomic E-state index is -1.91. The van der Waals surface area contributed by atoms with E-state index in [0.717, 1.165) is 32.1 Å². The molecule has 19 nitrogen and oxygen atoms in total. The molecule has 4 bridgehead atoms. The number of aliphatic hydroxyl groups excluding tert-OH is 10. The van der Waals surface area contributed by atoms with Gasteiger partial charge < -0.3 is 93.7 Å². The fraction of sp³-hybridized carbons (Fsp3) is 1.00. The summed E-state index contributed by atoms with van der Waals surface area (Å²) < 4.78 is 52.5. The maximum absolute atomic E-state index is 11.4. The Labute approximate surface area is 294 Å². The predicted octanol–water partition coefficient (Wildman–Crippen LogP) is -4.54. The normalized spacial score (nSPS) is 51.2. The smallest absolute Gasteiger partial charge is 0.198 e. The van der Waals surface area contributed by atoms with Crippen LogP contribution in [0.3, 0.4) is 0 Å². The van der Waals surface area contributed by atoms with E-state index in [2.05, 4.69) is 6.92 Å². The van der Waals surface area contributed by atoms with Crippen LogP contribution in [0.1, 0.15) is 51.9 Å². The molecule has 6 saturated heterocycles. The maximum Gasteiger partial charge on any atom is 0.198 e. The van der Waals surface area contributed by atoms with Crippen LogP contribution in [0.5, 0.6) is 0 Å². The molecule has 0 aromatic carbocycles. The van der Waals surface area contributed by atoms with E-state index in [4.69, 9.17) is 42.6 Å². The molecular formula is C32H54O19. The molecule has 20 atom stereocenters. The lowest BCUT2D eigenvalue weighted by Gasteiger charge is -2.51. The lowest BCUT2D eigenvalue weighted by molar-refractivity contribution is -0.400. The largest absolute Gasteiger partial charge is 0.394 e. The zero-order chi connectivity index (χ0) is 36.6. The van der Waals surface area contributed by atoms with Gasteiger partial charge in [-0.15, -0.1) is 0 Å². The second-order valence-corrected chi connectivity index (χ2v) is 14.3. The molecule has 6 aliphatic rings. The monoisotopic (exact) mass is 742 g/mol. The lowest BCUT2D eigenvalue weighted by atomic mass is 9.88. The Morgan fingerprint density at radius 1 is 0.588 bits per heavy atom. The summed E-state index contributed by atoms with van der Waals surface area (Å²) in [7, 11) is 0. The standard InChI is InChI=1S/C32H54O19/c1-2-3-4-5-6-7-8-32(28(41)19(37)17(35)14(10-34)50-32)51-24-16-12-44-27(24)22(40)31(47-16)49-25-18(36)13(9-33)46-30(21(25)39)48-23-15-11-43-26(23)20(38)29(42)45-15/h13-31,33-42H,2-12H2,1H3/t13-,14-,15+,16+,17+,18-,19+,20+,21-,22+,23+,24+,25+,26+,27+,28-,29-,30+,31+,32+/m1/s1. The highest BCUT2D eigenvalue weighted by atomic mass is 16.8. The third-order valence-corrected chi connectivity index (χ3v) is 10.8. The first-order valence-corrected chi connectivity index (χ1v) is 18.0. The molecule has 6 rings (SSSR count). The molecule has 6 heterocycles. The van der Waals surface area contributed by atoms with Gasteiger partial charge in [-0.25, -0.2) is 0 Å². The number of hydrogen-bond donors (Lipinski definition) is 10. The van der Waals surface area contributed by atoms with Crippen molar-refractivity contribution in [1.82, 2.24) is 0 Å². The van der Waals surface area contributed by atoms with Crippen molar-refractivity contribution < 1.29 is 93.7 Å². The number of rotatable bonds is 15. The van der Waals surface area contributed by atoms with Gasteiger partial charge in [0, 0.05) is 6.42 Å². The molecule has 0 spiro atoms. The van der Waals surface area contributed by atoms with Crippen molar-refractivity contribution in [1.29, 1.82) is 0 Å². The molecule has 0 amide bonds. The molecule has 296 valence electrons. The van der Waals surface area contributed by atoms with E-state index >= 15 is 0 Å². The van der Waals surface area contributed by atoms with Crippen LogP contribution in [0.2, 0.25) is 0 Å². The van der Waals surface area contributed by atoms with Crippen LogP contribution in [-0.4, -0.2) is 200 Å². The number of hydrogen-bond acceptors (Lipinski definition) is 19. The summed E-state index contributed by atoms with van der Waals surface area (Å²) >= 11 is 0. The van der Waals surface area contributed by atoms with Crippen molar-refractivity contribution in [3.8, 4) is 0 Å². The summed E-state index contributed by atoms with van der Waals surface area (Å²) in [5, 5.41) is 106. The maximum atomic E-state index is 11.4. The highest BCUT2D eigenvalue weighted by molar-refractivity contribution is 5.03. The minimum absolute atomic E-state index is 0.0190. The average Bonchev–Trinajstić information content (AvgIpc) is 3.60. The third-order valence-electron chi connectivity index (χ3n) is 10.8. The highest BCUT2D eigenvalue weighted by Gasteiger charge is 2.61. The summed E-state index contributed by atoms with van der Waals surface area (Å²) in [6.45, 7) is 0.591. The van der Waals surface area contributed by atoms with Gasteiger partial charge in [0.25, 0.3) is 0 Å². The Morgan fingerprint density at radius 3 is 1.88 bits per heavy atom. The van der Waals surface area contributed by atoms with E-state index in [9.17, 15) is 51.1 Å². The van der Waals surface area contributed by atoms with E-state index in [1.54, 1.807) is 0 Å². The first kappa shape index (κ1) is 39.9. The quantitative estimate of drug-likeness (QED) is 0.0707. The summed E-state index contributed by atoms with van der Waals surface area (Å²) in [6.07, 6.45) is -20.9. The van der Waals surface area contributed by atoms with Crippen LogP contribution in [0.15, 0.2) is 0 Å². The van der Waals surface area contributed by atoms with Crippen molar-refractivity contribution in [2.24, 2.45) is 0 Å². The summed E-state index contributed by atoms with van der Waals surface area (Å²) in [6, 6.07) is 0. The van der Waals surface area contributed by atoms with Gasteiger partial charge >= 0.3 is 0 Å². The molecule has 10 N–H and O–H groups in total. The van der Waals surface area contributed by atoms with Crippen LogP contribution in [0.4, 0.5) is 0 Å². The molecule has 0 aromatic rings. The number of unbranched alkanes of at least 4 members (excludes halogenated alkanes) is 5. The molecule has 19 heteroatoms. The second-order valence-electron chi connectivity index (χ2n) is 14.3. The molecule has 0 radical (unpaired) electrons. The fourth-order valence-corrected chi connectivity index (χ4v) is 7.87.